The fraction of sp³-hybridized carbons (Fsp3) is 0.111. The SMILES string of the molecule is C[C@@H](NC(=O)c1oc2ccc(Cl)cc2c1Cl)c1ccc(C(N)=O)cc1. The smallest absolute Gasteiger partial charge is 0.289 e. The van der Waals surface area contributed by atoms with Crippen LogP contribution in [0.25, 0.3) is 11.0 Å². The van der Waals surface area contributed by atoms with Crippen molar-refractivity contribution in [1.29, 1.82) is 0 Å². The van der Waals surface area contributed by atoms with Crippen LogP contribution in [-0.4, -0.2) is 11.8 Å². The van der Waals surface area contributed by atoms with Gasteiger partial charge in [0.05, 0.1) is 6.04 Å². The fourth-order valence-corrected chi connectivity index (χ4v) is 2.91. The second-order valence-corrected chi connectivity index (χ2v) is 6.38. The van der Waals surface area contributed by atoms with E-state index in [1.807, 2.05) is 6.92 Å². The van der Waals surface area contributed by atoms with Gasteiger partial charge in [-0.05, 0) is 42.8 Å². The average Bonchev–Trinajstić information content (AvgIpc) is 2.91. The van der Waals surface area contributed by atoms with E-state index in [1.165, 1.54) is 0 Å². The van der Waals surface area contributed by atoms with Crippen LogP contribution in [0.5, 0.6) is 0 Å². The van der Waals surface area contributed by atoms with E-state index >= 15 is 0 Å². The molecule has 0 aliphatic carbocycles. The van der Waals surface area contributed by atoms with Gasteiger partial charge in [-0.25, -0.2) is 0 Å². The molecule has 0 fully saturated rings. The van der Waals surface area contributed by atoms with E-state index in [-0.39, 0.29) is 16.8 Å². The van der Waals surface area contributed by atoms with Crippen molar-refractivity contribution < 1.29 is 14.0 Å². The molecule has 0 unspecified atom stereocenters. The molecule has 1 aromatic heterocycles. The van der Waals surface area contributed by atoms with Gasteiger partial charge in [-0.2, -0.15) is 0 Å². The third kappa shape index (κ3) is 3.48. The maximum Gasteiger partial charge on any atom is 0.289 e. The number of fused-ring (bicyclic) bond motifs is 1. The van der Waals surface area contributed by atoms with Gasteiger partial charge in [-0.3, -0.25) is 9.59 Å². The largest absolute Gasteiger partial charge is 0.449 e. The van der Waals surface area contributed by atoms with Gasteiger partial charge in [0.1, 0.15) is 10.6 Å². The number of benzene rings is 2. The van der Waals surface area contributed by atoms with Crippen LogP contribution in [0.3, 0.4) is 0 Å². The lowest BCUT2D eigenvalue weighted by Gasteiger charge is -2.13. The van der Waals surface area contributed by atoms with Gasteiger partial charge in [0.25, 0.3) is 5.91 Å². The first-order valence-corrected chi connectivity index (χ1v) is 8.20. The Labute approximate surface area is 153 Å². The Kier molecular flexibility index (Phi) is 4.70. The number of carbonyl (C=O) groups is 2. The van der Waals surface area contributed by atoms with Crippen LogP contribution >= 0.6 is 23.2 Å². The van der Waals surface area contributed by atoms with Crippen molar-refractivity contribution in [2.24, 2.45) is 5.73 Å². The van der Waals surface area contributed by atoms with Gasteiger partial charge < -0.3 is 15.5 Å². The molecule has 3 rings (SSSR count). The predicted octanol–water partition coefficient (Wildman–Crippen LogP) is 4.33. The number of hydrogen-bond donors (Lipinski definition) is 2. The Morgan fingerprint density at radius 1 is 1.12 bits per heavy atom. The van der Waals surface area contributed by atoms with Crippen molar-refractivity contribution in [3.63, 3.8) is 0 Å². The number of nitrogens with two attached hydrogens (primary N) is 1. The number of carbonyl (C=O) groups excluding carboxylic acids is 2. The van der Waals surface area contributed by atoms with E-state index in [4.69, 9.17) is 33.4 Å². The molecule has 3 aromatic rings. The van der Waals surface area contributed by atoms with E-state index < -0.39 is 11.8 Å². The van der Waals surface area contributed by atoms with E-state index in [2.05, 4.69) is 5.32 Å². The zero-order chi connectivity index (χ0) is 18.1. The van der Waals surface area contributed by atoms with Crippen LogP contribution in [0, 0.1) is 0 Å². The Morgan fingerprint density at radius 2 is 1.80 bits per heavy atom. The fourth-order valence-electron chi connectivity index (χ4n) is 2.47. The Hall–Kier alpha value is -2.50. The molecule has 1 atom stereocenters. The third-order valence-electron chi connectivity index (χ3n) is 3.84. The number of amides is 2. The van der Waals surface area contributed by atoms with Crippen molar-refractivity contribution in [3.05, 3.63) is 69.4 Å². The summed E-state index contributed by atoms with van der Waals surface area (Å²) in [5.74, 6) is -0.917. The summed E-state index contributed by atoms with van der Waals surface area (Å²) >= 11 is 12.2. The molecular weight excluding hydrogens is 363 g/mol. The molecule has 2 amide bonds. The number of furan rings is 1. The summed E-state index contributed by atoms with van der Waals surface area (Å²) in [5.41, 5.74) is 6.92. The molecule has 0 aliphatic heterocycles. The van der Waals surface area contributed by atoms with Gasteiger partial charge in [0.2, 0.25) is 11.7 Å². The molecule has 5 nitrogen and oxygen atoms in total. The maximum absolute atomic E-state index is 12.5. The topological polar surface area (TPSA) is 85.3 Å². The maximum atomic E-state index is 12.5. The van der Waals surface area contributed by atoms with Crippen LogP contribution in [0.2, 0.25) is 10.0 Å². The molecule has 0 radical (unpaired) electrons. The minimum Gasteiger partial charge on any atom is -0.449 e. The van der Waals surface area contributed by atoms with Crippen molar-refractivity contribution in [1.82, 2.24) is 5.32 Å². The first-order valence-electron chi connectivity index (χ1n) is 7.45. The van der Waals surface area contributed by atoms with Crippen molar-refractivity contribution in [2.75, 3.05) is 0 Å². The molecule has 0 bridgehead atoms. The lowest BCUT2D eigenvalue weighted by molar-refractivity contribution is 0.0913. The molecule has 3 N–H and O–H groups in total. The highest BCUT2D eigenvalue weighted by Gasteiger charge is 2.21. The predicted molar refractivity (Wildman–Crippen MR) is 97.1 cm³/mol. The summed E-state index contributed by atoms with van der Waals surface area (Å²) in [6, 6.07) is 11.3. The third-order valence-corrected chi connectivity index (χ3v) is 4.45. The molecule has 7 heteroatoms. The first kappa shape index (κ1) is 17.3. The van der Waals surface area contributed by atoms with Crippen LogP contribution < -0.4 is 11.1 Å². The highest BCUT2D eigenvalue weighted by Crippen LogP contribution is 2.32. The highest BCUT2D eigenvalue weighted by molar-refractivity contribution is 6.39. The van der Waals surface area contributed by atoms with Gasteiger partial charge >= 0.3 is 0 Å². The first-order chi connectivity index (χ1) is 11.9. The molecule has 25 heavy (non-hydrogen) atoms. The van der Waals surface area contributed by atoms with Gasteiger partial charge in [-0.1, -0.05) is 35.3 Å². The van der Waals surface area contributed by atoms with Crippen molar-refractivity contribution in [3.8, 4) is 0 Å². The molecule has 0 spiro atoms. The van der Waals surface area contributed by atoms with Crippen LogP contribution in [0.4, 0.5) is 0 Å². The summed E-state index contributed by atoms with van der Waals surface area (Å²) in [6.07, 6.45) is 0. The van der Waals surface area contributed by atoms with E-state index in [0.29, 0.717) is 21.6 Å². The van der Waals surface area contributed by atoms with Crippen molar-refractivity contribution in [2.45, 2.75) is 13.0 Å². The highest BCUT2D eigenvalue weighted by atomic mass is 35.5. The van der Waals surface area contributed by atoms with Crippen LogP contribution in [0.1, 0.15) is 39.4 Å². The molecule has 0 saturated carbocycles. The van der Waals surface area contributed by atoms with Gasteiger partial charge in [0, 0.05) is 16.0 Å². The Balaban J connectivity index is 1.82. The van der Waals surface area contributed by atoms with Crippen LogP contribution in [-0.2, 0) is 0 Å². The second-order valence-electron chi connectivity index (χ2n) is 5.57. The van der Waals surface area contributed by atoms with Gasteiger partial charge in [0.15, 0.2) is 0 Å². The summed E-state index contributed by atoms with van der Waals surface area (Å²) in [6.45, 7) is 1.81. The number of hydrogen-bond acceptors (Lipinski definition) is 3. The zero-order valence-corrected chi connectivity index (χ0v) is 14.7. The number of rotatable bonds is 4. The molecule has 0 aliphatic rings. The lowest BCUT2D eigenvalue weighted by atomic mass is 10.1. The lowest BCUT2D eigenvalue weighted by Crippen LogP contribution is -2.26. The van der Waals surface area contributed by atoms with E-state index in [9.17, 15) is 9.59 Å². The van der Waals surface area contributed by atoms with Crippen LogP contribution in [0.15, 0.2) is 46.9 Å². The number of nitrogens with one attached hydrogen (secondary N) is 1. The molecule has 0 saturated heterocycles. The Morgan fingerprint density at radius 3 is 2.44 bits per heavy atom. The zero-order valence-electron chi connectivity index (χ0n) is 13.2. The minimum atomic E-state index is -0.504. The Bertz CT molecular complexity index is 964. The van der Waals surface area contributed by atoms with E-state index in [1.54, 1.807) is 42.5 Å². The number of halogens is 2. The average molecular weight is 377 g/mol. The summed E-state index contributed by atoms with van der Waals surface area (Å²) in [5, 5.41) is 4.11. The quantitative estimate of drug-likeness (QED) is 0.710. The normalized spacial score (nSPS) is 12.1. The minimum absolute atomic E-state index is 0.0274. The molecule has 1 heterocycles. The van der Waals surface area contributed by atoms with E-state index in [0.717, 1.165) is 5.56 Å². The summed E-state index contributed by atoms with van der Waals surface area (Å²) < 4.78 is 5.54. The molecule has 128 valence electrons. The summed E-state index contributed by atoms with van der Waals surface area (Å²) in [7, 11) is 0. The molecular formula is C18H14Cl2N2O3. The standard InChI is InChI=1S/C18H14Cl2N2O3/c1-9(10-2-4-11(5-3-10)17(21)23)22-18(24)16-15(20)13-8-12(19)6-7-14(13)25-16/h2-9H,1H3,(H2,21,23)(H,22,24)/t9-/m1/s1. The summed E-state index contributed by atoms with van der Waals surface area (Å²) in [4.78, 5) is 23.6. The second kappa shape index (κ2) is 6.78. The number of primary amides is 1. The molecule has 2 aromatic carbocycles. The van der Waals surface area contributed by atoms with Gasteiger partial charge in [-0.15, -0.1) is 0 Å². The van der Waals surface area contributed by atoms with Crippen molar-refractivity contribution >= 4 is 46.0 Å². The monoisotopic (exact) mass is 376 g/mol.